The number of sulfonamides is 1. The van der Waals surface area contributed by atoms with Crippen LogP contribution in [-0.4, -0.2) is 37.6 Å². The van der Waals surface area contributed by atoms with Gasteiger partial charge in [-0.1, -0.05) is 11.8 Å². The van der Waals surface area contributed by atoms with E-state index in [0.717, 1.165) is 24.2 Å². The summed E-state index contributed by atoms with van der Waals surface area (Å²) in [6.45, 7) is 2.78. The molecule has 0 fully saturated rings. The number of pyridine rings is 1. The van der Waals surface area contributed by atoms with Gasteiger partial charge in [-0.25, -0.2) is 18.1 Å². The number of aromatic nitrogens is 1. The van der Waals surface area contributed by atoms with Crippen molar-refractivity contribution in [1.29, 1.82) is 5.26 Å². The minimum absolute atomic E-state index is 0.105. The van der Waals surface area contributed by atoms with Crippen molar-refractivity contribution >= 4 is 39.3 Å². The lowest BCUT2D eigenvalue weighted by Crippen LogP contribution is -2.28. The van der Waals surface area contributed by atoms with E-state index in [1.165, 1.54) is 24.3 Å². The Hall–Kier alpha value is -3.88. The first-order valence-corrected chi connectivity index (χ1v) is 12.7. The summed E-state index contributed by atoms with van der Waals surface area (Å²) < 4.78 is 31.1. The van der Waals surface area contributed by atoms with Crippen LogP contribution in [-0.2, 0) is 19.6 Å². The number of amides is 2. The van der Waals surface area contributed by atoms with Crippen molar-refractivity contribution in [2.45, 2.75) is 29.0 Å². The van der Waals surface area contributed by atoms with Gasteiger partial charge in [0.1, 0.15) is 16.8 Å². The second kappa shape index (κ2) is 11.0. The highest BCUT2D eigenvalue weighted by atomic mass is 32.2. The Morgan fingerprint density at radius 3 is 2.29 bits per heavy atom. The summed E-state index contributed by atoms with van der Waals surface area (Å²) in [5.74, 6) is -0.342. The van der Waals surface area contributed by atoms with Crippen molar-refractivity contribution in [2.24, 2.45) is 0 Å². The number of benzene rings is 2. The molecule has 3 aromatic rings. The van der Waals surface area contributed by atoms with Crippen LogP contribution in [0.15, 0.2) is 70.6 Å². The van der Waals surface area contributed by atoms with Crippen molar-refractivity contribution in [1.82, 2.24) is 9.71 Å². The molecule has 0 radical (unpaired) electrons. The molecule has 3 rings (SSSR count). The van der Waals surface area contributed by atoms with Gasteiger partial charge < -0.3 is 10.1 Å². The second-order valence-corrected chi connectivity index (χ2v) is 10.3. The molecule has 1 unspecified atom stereocenters. The maximum absolute atomic E-state index is 12.7. The first-order chi connectivity index (χ1) is 16.6. The summed E-state index contributed by atoms with van der Waals surface area (Å²) in [6.07, 6.45) is 0. The minimum atomic E-state index is -3.96. The monoisotopic (exact) mass is 510 g/mol. The molecule has 2 aromatic carbocycles. The SMILES string of the molecule is COc1ccc(-c2ccc(C#N)c(SC(C)C(=O)Nc3ccc(S(=O)(=O)NC(C)=O)cc3)n2)cc1. The highest BCUT2D eigenvalue weighted by Gasteiger charge is 2.19. The van der Waals surface area contributed by atoms with Gasteiger partial charge in [-0.2, -0.15) is 5.26 Å². The molecule has 35 heavy (non-hydrogen) atoms. The fourth-order valence-corrected chi connectivity index (χ4v) is 4.85. The van der Waals surface area contributed by atoms with Crippen LogP contribution in [0.5, 0.6) is 5.75 Å². The molecule has 0 saturated heterocycles. The highest BCUT2D eigenvalue weighted by molar-refractivity contribution is 8.00. The average Bonchev–Trinajstić information content (AvgIpc) is 2.83. The molecule has 0 aliphatic heterocycles. The first-order valence-electron chi connectivity index (χ1n) is 10.3. The van der Waals surface area contributed by atoms with Gasteiger partial charge in [0, 0.05) is 18.2 Å². The Morgan fingerprint density at radius 2 is 1.71 bits per heavy atom. The van der Waals surface area contributed by atoms with Crippen LogP contribution < -0.4 is 14.8 Å². The van der Waals surface area contributed by atoms with Gasteiger partial charge in [-0.3, -0.25) is 9.59 Å². The van der Waals surface area contributed by atoms with Crippen molar-refractivity contribution < 1.29 is 22.7 Å². The summed E-state index contributed by atoms with van der Waals surface area (Å²) in [5, 5.41) is 12.0. The first kappa shape index (κ1) is 25.7. The van der Waals surface area contributed by atoms with Crippen molar-refractivity contribution in [2.75, 3.05) is 12.4 Å². The lowest BCUT2D eigenvalue weighted by Gasteiger charge is -2.14. The van der Waals surface area contributed by atoms with Crippen LogP contribution in [0.1, 0.15) is 19.4 Å². The molecule has 1 atom stereocenters. The smallest absolute Gasteiger partial charge is 0.264 e. The van der Waals surface area contributed by atoms with Gasteiger partial charge in [0.15, 0.2) is 0 Å². The largest absolute Gasteiger partial charge is 0.497 e. The summed E-state index contributed by atoms with van der Waals surface area (Å²) in [4.78, 5) is 28.3. The van der Waals surface area contributed by atoms with E-state index in [0.29, 0.717) is 27.7 Å². The van der Waals surface area contributed by atoms with Gasteiger partial charge >= 0.3 is 0 Å². The van der Waals surface area contributed by atoms with E-state index in [1.54, 1.807) is 26.2 Å². The number of carbonyl (C=O) groups is 2. The zero-order valence-corrected chi connectivity index (χ0v) is 20.7. The summed E-state index contributed by atoms with van der Waals surface area (Å²) >= 11 is 1.14. The topological polar surface area (TPSA) is 138 Å². The Balaban J connectivity index is 1.73. The van der Waals surface area contributed by atoms with E-state index in [4.69, 9.17) is 4.74 Å². The third-order valence-corrected chi connectivity index (χ3v) is 7.29. The molecule has 0 spiro atoms. The number of nitrogens with one attached hydrogen (secondary N) is 2. The number of thioether (sulfide) groups is 1. The van der Waals surface area contributed by atoms with Gasteiger partial charge in [0.2, 0.25) is 11.8 Å². The Kier molecular flexibility index (Phi) is 8.11. The van der Waals surface area contributed by atoms with Crippen LogP contribution in [0.4, 0.5) is 5.69 Å². The van der Waals surface area contributed by atoms with Crippen LogP contribution in [0, 0.1) is 11.3 Å². The van der Waals surface area contributed by atoms with Crippen LogP contribution >= 0.6 is 11.8 Å². The zero-order chi connectivity index (χ0) is 25.6. The number of anilines is 1. The van der Waals surface area contributed by atoms with Gasteiger partial charge in [-0.05, 0) is 67.6 Å². The Morgan fingerprint density at radius 1 is 1.06 bits per heavy atom. The van der Waals surface area contributed by atoms with Crippen molar-refractivity contribution in [3.05, 3.63) is 66.2 Å². The maximum Gasteiger partial charge on any atom is 0.264 e. The summed E-state index contributed by atoms with van der Waals surface area (Å²) in [6, 6.07) is 18.2. The van der Waals surface area contributed by atoms with Crippen LogP contribution in [0.2, 0.25) is 0 Å². The highest BCUT2D eigenvalue weighted by Crippen LogP contribution is 2.29. The van der Waals surface area contributed by atoms with Crippen LogP contribution in [0.3, 0.4) is 0 Å². The summed E-state index contributed by atoms with van der Waals surface area (Å²) in [7, 11) is -2.38. The minimum Gasteiger partial charge on any atom is -0.497 e. The third-order valence-electron chi connectivity index (χ3n) is 4.73. The number of rotatable bonds is 8. The Labute approximate surface area is 207 Å². The number of hydrogen-bond donors (Lipinski definition) is 2. The van der Waals surface area contributed by atoms with Gasteiger partial charge in [0.25, 0.3) is 10.0 Å². The molecule has 0 aliphatic rings. The molecule has 0 bridgehead atoms. The lowest BCUT2D eigenvalue weighted by molar-refractivity contribution is -0.117. The molecule has 2 N–H and O–H groups in total. The van der Waals surface area contributed by atoms with Crippen LogP contribution in [0.25, 0.3) is 11.3 Å². The second-order valence-electron chi connectivity index (χ2n) is 7.32. The lowest BCUT2D eigenvalue weighted by atomic mass is 10.1. The molecular weight excluding hydrogens is 488 g/mol. The predicted octanol–water partition coefficient (Wildman–Crippen LogP) is 3.57. The molecular formula is C24H22N4O5S2. The fourth-order valence-electron chi connectivity index (χ4n) is 2.97. The maximum atomic E-state index is 12.7. The normalized spacial score (nSPS) is 11.7. The number of nitriles is 1. The van der Waals surface area contributed by atoms with E-state index in [-0.39, 0.29) is 10.8 Å². The zero-order valence-electron chi connectivity index (χ0n) is 19.1. The van der Waals surface area contributed by atoms with Gasteiger partial charge in [0.05, 0.1) is 28.5 Å². The van der Waals surface area contributed by atoms with E-state index in [9.17, 15) is 23.3 Å². The summed E-state index contributed by atoms with van der Waals surface area (Å²) in [5.41, 5.74) is 2.21. The van der Waals surface area contributed by atoms with E-state index >= 15 is 0 Å². The molecule has 9 nitrogen and oxygen atoms in total. The molecule has 1 heterocycles. The predicted molar refractivity (Wildman–Crippen MR) is 132 cm³/mol. The number of carbonyl (C=O) groups excluding carboxylic acids is 2. The van der Waals surface area contributed by atoms with Crippen molar-refractivity contribution in [3.8, 4) is 23.1 Å². The third kappa shape index (κ3) is 6.59. The average molecular weight is 511 g/mol. The molecule has 180 valence electrons. The van der Waals surface area contributed by atoms with E-state index < -0.39 is 21.2 Å². The quantitative estimate of drug-likeness (QED) is 0.439. The molecule has 11 heteroatoms. The molecule has 1 aromatic heterocycles. The van der Waals surface area contributed by atoms with Crippen molar-refractivity contribution in [3.63, 3.8) is 0 Å². The molecule has 0 aliphatic carbocycles. The van der Waals surface area contributed by atoms with E-state index in [2.05, 4.69) is 16.4 Å². The fraction of sp³-hybridized carbons (Fsp3) is 0.167. The Bertz CT molecular complexity index is 1380. The number of methoxy groups -OCH3 is 1. The number of nitrogens with zero attached hydrogens (tertiary/aromatic N) is 2. The van der Waals surface area contributed by atoms with Gasteiger partial charge in [-0.15, -0.1) is 0 Å². The number of hydrogen-bond acceptors (Lipinski definition) is 8. The molecule has 2 amide bonds. The standard InChI is InChI=1S/C24H22N4O5S2/c1-15(23(30)26-19-7-11-21(12-8-19)35(31,32)28-16(2)29)34-24-18(14-25)6-13-22(27-24)17-4-9-20(33-3)10-5-17/h4-13,15H,1-3H3,(H,26,30)(H,28,29). The molecule has 0 saturated carbocycles. The number of ether oxygens (including phenoxy) is 1. The van der Waals surface area contributed by atoms with E-state index in [1.807, 2.05) is 29.0 Å².